The molecule has 3 aromatic carbocycles. The minimum atomic E-state index is -0.450. The van der Waals surface area contributed by atoms with Gasteiger partial charge in [-0.3, -0.25) is 5.32 Å². The van der Waals surface area contributed by atoms with Crippen LogP contribution in [0.25, 0.3) is 0 Å². The molecule has 3 aromatic rings. The van der Waals surface area contributed by atoms with E-state index in [1.165, 1.54) is 24.1 Å². The van der Waals surface area contributed by atoms with E-state index >= 15 is 0 Å². The minimum Gasteiger partial charge on any atom is -0.444 e. The maximum Gasteiger partial charge on any atom is 0.411 e. The molecule has 2 atom stereocenters. The summed E-state index contributed by atoms with van der Waals surface area (Å²) in [7, 11) is 0. The summed E-state index contributed by atoms with van der Waals surface area (Å²) < 4.78 is 5.31. The molecule has 4 nitrogen and oxygen atoms in total. The zero-order valence-electron chi connectivity index (χ0n) is 17.3. The maximum atomic E-state index is 12.1. The molecule has 0 spiro atoms. The van der Waals surface area contributed by atoms with Crippen molar-refractivity contribution in [1.82, 2.24) is 0 Å². The van der Waals surface area contributed by atoms with E-state index in [9.17, 15) is 4.79 Å². The predicted octanol–water partition coefficient (Wildman–Crippen LogP) is 6.56. The highest BCUT2D eigenvalue weighted by Gasteiger charge is 2.37. The van der Waals surface area contributed by atoms with Crippen molar-refractivity contribution in [2.75, 3.05) is 10.6 Å². The number of anilines is 2. The van der Waals surface area contributed by atoms with Gasteiger partial charge in [-0.1, -0.05) is 74.0 Å². The SMILES string of the molecule is CCC1CC1c1ccccc1NCc1cccc(NC(=O)OCc2ccccc2)c1. The van der Waals surface area contributed by atoms with Gasteiger partial charge in [0.05, 0.1) is 0 Å². The second kappa shape index (κ2) is 9.49. The van der Waals surface area contributed by atoms with Crippen LogP contribution in [0.15, 0.2) is 78.9 Å². The Bertz CT molecular complexity index is 987. The van der Waals surface area contributed by atoms with Crippen molar-refractivity contribution in [1.29, 1.82) is 0 Å². The first-order chi connectivity index (χ1) is 14.7. The van der Waals surface area contributed by atoms with Gasteiger partial charge in [-0.05, 0) is 53.1 Å². The van der Waals surface area contributed by atoms with Crippen LogP contribution >= 0.6 is 0 Å². The van der Waals surface area contributed by atoms with Crippen LogP contribution in [0.1, 0.15) is 42.4 Å². The summed E-state index contributed by atoms with van der Waals surface area (Å²) in [6.07, 6.45) is 2.08. The smallest absolute Gasteiger partial charge is 0.411 e. The molecule has 0 bridgehead atoms. The minimum absolute atomic E-state index is 0.255. The summed E-state index contributed by atoms with van der Waals surface area (Å²) in [6.45, 7) is 3.23. The summed E-state index contributed by atoms with van der Waals surface area (Å²) in [6, 6.07) is 26.1. The first kappa shape index (κ1) is 20.0. The van der Waals surface area contributed by atoms with Crippen LogP contribution in [0.5, 0.6) is 0 Å². The van der Waals surface area contributed by atoms with E-state index in [4.69, 9.17) is 4.74 Å². The highest BCUT2D eigenvalue weighted by atomic mass is 16.5. The third-order valence-electron chi connectivity index (χ3n) is 5.68. The third kappa shape index (κ3) is 5.20. The standard InChI is InChI=1S/C26H28N2O2/c1-2-21-16-24(21)23-13-6-7-14-25(23)27-17-20-11-8-12-22(15-20)28-26(29)30-18-19-9-4-3-5-10-19/h3-15,21,24,27H,2,16-18H2,1H3,(H,28,29). The molecule has 2 N–H and O–H groups in total. The van der Waals surface area contributed by atoms with Gasteiger partial charge in [0.15, 0.2) is 0 Å². The zero-order chi connectivity index (χ0) is 20.8. The maximum absolute atomic E-state index is 12.1. The van der Waals surface area contributed by atoms with Gasteiger partial charge in [0.2, 0.25) is 0 Å². The molecule has 0 aliphatic heterocycles. The van der Waals surface area contributed by atoms with Crippen molar-refractivity contribution >= 4 is 17.5 Å². The molecular formula is C26H28N2O2. The molecule has 30 heavy (non-hydrogen) atoms. The number of hydrogen-bond donors (Lipinski definition) is 2. The normalized spacial score (nSPS) is 17.2. The van der Waals surface area contributed by atoms with Gasteiger partial charge in [0.25, 0.3) is 0 Å². The molecule has 1 amide bonds. The molecule has 4 heteroatoms. The summed E-state index contributed by atoms with van der Waals surface area (Å²) in [5, 5.41) is 6.39. The van der Waals surface area contributed by atoms with Crippen LogP contribution < -0.4 is 10.6 Å². The quantitative estimate of drug-likeness (QED) is 0.450. The van der Waals surface area contributed by atoms with Gasteiger partial charge in [-0.25, -0.2) is 4.79 Å². The van der Waals surface area contributed by atoms with Crippen LogP contribution in [0.4, 0.5) is 16.2 Å². The Balaban J connectivity index is 1.32. The molecule has 1 fully saturated rings. The summed E-state index contributed by atoms with van der Waals surface area (Å²) in [5.41, 5.74) is 5.43. The molecule has 1 saturated carbocycles. The number of rotatable bonds is 8. The number of amides is 1. The molecule has 1 aliphatic carbocycles. The van der Waals surface area contributed by atoms with E-state index in [0.29, 0.717) is 12.5 Å². The predicted molar refractivity (Wildman–Crippen MR) is 122 cm³/mol. The first-order valence-electron chi connectivity index (χ1n) is 10.6. The Kier molecular flexibility index (Phi) is 6.33. The Hall–Kier alpha value is -3.27. The molecule has 0 heterocycles. The number of benzene rings is 3. The number of nitrogens with one attached hydrogen (secondary N) is 2. The van der Waals surface area contributed by atoms with Gasteiger partial charge in [-0.2, -0.15) is 0 Å². The van der Waals surface area contributed by atoms with Crippen LogP contribution in [-0.2, 0) is 17.9 Å². The summed E-state index contributed by atoms with van der Waals surface area (Å²) in [5.74, 6) is 1.51. The molecule has 0 aromatic heterocycles. The van der Waals surface area contributed by atoms with Gasteiger partial charge < -0.3 is 10.1 Å². The topological polar surface area (TPSA) is 50.4 Å². The highest BCUT2D eigenvalue weighted by molar-refractivity contribution is 5.84. The number of carbonyl (C=O) groups excluding carboxylic acids is 1. The van der Waals surface area contributed by atoms with Crippen molar-refractivity contribution in [2.24, 2.45) is 5.92 Å². The average molecular weight is 401 g/mol. The lowest BCUT2D eigenvalue weighted by atomic mass is 10.1. The molecule has 0 radical (unpaired) electrons. The van der Waals surface area contributed by atoms with E-state index in [-0.39, 0.29) is 6.61 Å². The Morgan fingerprint density at radius 1 is 0.967 bits per heavy atom. The highest BCUT2D eigenvalue weighted by Crippen LogP contribution is 2.51. The number of para-hydroxylation sites is 1. The van der Waals surface area contributed by atoms with E-state index < -0.39 is 6.09 Å². The van der Waals surface area contributed by atoms with E-state index in [0.717, 1.165) is 22.7 Å². The van der Waals surface area contributed by atoms with Crippen LogP contribution in [0.3, 0.4) is 0 Å². The van der Waals surface area contributed by atoms with Crippen molar-refractivity contribution in [3.8, 4) is 0 Å². The van der Waals surface area contributed by atoms with Crippen molar-refractivity contribution in [2.45, 2.75) is 38.8 Å². The largest absolute Gasteiger partial charge is 0.444 e. The van der Waals surface area contributed by atoms with Gasteiger partial charge in [0, 0.05) is 17.9 Å². The second-order valence-electron chi connectivity index (χ2n) is 7.84. The Morgan fingerprint density at radius 2 is 1.73 bits per heavy atom. The lowest BCUT2D eigenvalue weighted by Crippen LogP contribution is -2.13. The molecule has 0 saturated heterocycles. The number of ether oxygens (including phenoxy) is 1. The molecule has 2 unspecified atom stereocenters. The lowest BCUT2D eigenvalue weighted by Gasteiger charge is -2.13. The van der Waals surface area contributed by atoms with Crippen molar-refractivity contribution < 1.29 is 9.53 Å². The molecule has 4 rings (SSSR count). The van der Waals surface area contributed by atoms with Crippen LogP contribution in [0, 0.1) is 5.92 Å². The zero-order valence-corrected chi connectivity index (χ0v) is 17.3. The fraction of sp³-hybridized carbons (Fsp3) is 0.269. The van der Waals surface area contributed by atoms with Gasteiger partial charge in [0.1, 0.15) is 6.61 Å². The third-order valence-corrected chi connectivity index (χ3v) is 5.68. The van der Waals surface area contributed by atoms with Crippen molar-refractivity contribution in [3.63, 3.8) is 0 Å². The summed E-state index contributed by atoms with van der Waals surface area (Å²) >= 11 is 0. The molecule has 154 valence electrons. The van der Waals surface area contributed by atoms with E-state index in [1.807, 2.05) is 48.5 Å². The van der Waals surface area contributed by atoms with Crippen LogP contribution in [0.2, 0.25) is 0 Å². The fourth-order valence-corrected chi connectivity index (χ4v) is 3.89. The second-order valence-corrected chi connectivity index (χ2v) is 7.84. The summed E-state index contributed by atoms with van der Waals surface area (Å²) in [4.78, 5) is 12.1. The average Bonchev–Trinajstić information content (AvgIpc) is 3.57. The lowest BCUT2D eigenvalue weighted by molar-refractivity contribution is 0.155. The Morgan fingerprint density at radius 3 is 2.53 bits per heavy atom. The van der Waals surface area contributed by atoms with E-state index in [1.54, 1.807) is 0 Å². The van der Waals surface area contributed by atoms with E-state index in [2.05, 4.69) is 47.9 Å². The molecular weight excluding hydrogens is 372 g/mol. The monoisotopic (exact) mass is 400 g/mol. The first-order valence-corrected chi connectivity index (χ1v) is 10.6. The Labute approximate surface area is 178 Å². The van der Waals surface area contributed by atoms with Crippen LogP contribution in [-0.4, -0.2) is 6.09 Å². The van der Waals surface area contributed by atoms with Crippen molar-refractivity contribution in [3.05, 3.63) is 95.6 Å². The number of carbonyl (C=O) groups is 1. The number of hydrogen-bond acceptors (Lipinski definition) is 3. The van der Waals surface area contributed by atoms with Gasteiger partial charge in [-0.15, -0.1) is 0 Å². The van der Waals surface area contributed by atoms with Gasteiger partial charge >= 0.3 is 6.09 Å². The fourth-order valence-electron chi connectivity index (χ4n) is 3.89. The molecule has 1 aliphatic rings.